The van der Waals surface area contributed by atoms with Gasteiger partial charge in [-0.2, -0.15) is 0 Å². The molecule has 0 bridgehead atoms. The summed E-state index contributed by atoms with van der Waals surface area (Å²) in [5, 5.41) is 8.54. The molecule has 0 radical (unpaired) electrons. The van der Waals surface area contributed by atoms with Crippen molar-refractivity contribution in [1.82, 2.24) is 20.3 Å². The van der Waals surface area contributed by atoms with E-state index in [1.807, 2.05) is 18.2 Å². The Balaban J connectivity index is 1.07. The fraction of sp³-hybridized carbons (Fsp3) is 0.286. The predicted octanol–water partition coefficient (Wildman–Crippen LogP) is 4.69. The van der Waals surface area contributed by atoms with Crippen LogP contribution < -0.4 is 15.4 Å². The number of carbonyl (C=O) groups excluding carboxylic acids is 1. The minimum Gasteiger partial charge on any atom is -0.326 e. The molecule has 1 saturated carbocycles. The highest BCUT2D eigenvalue weighted by atomic mass is 35.5. The molecule has 4 aromatic rings. The Bertz CT molecular complexity index is 1620. The number of halogens is 1. The summed E-state index contributed by atoms with van der Waals surface area (Å²) in [4.78, 5) is 25.5. The van der Waals surface area contributed by atoms with Gasteiger partial charge in [0.05, 0.1) is 9.92 Å². The minimum atomic E-state index is -3.84. The SMILES string of the molecule is O=C(Nc1ccc2cncc(Cl)c2c1)[C@@H]1C[C@H]1c1ccc(S(=O)(=O)Nc2ncc(C3CCNCC3)cn2)cc1. The Hall–Kier alpha value is -3.60. The van der Waals surface area contributed by atoms with Gasteiger partial charge >= 0.3 is 0 Å². The van der Waals surface area contributed by atoms with Gasteiger partial charge in [-0.25, -0.2) is 23.1 Å². The van der Waals surface area contributed by atoms with Crippen LogP contribution in [0.3, 0.4) is 0 Å². The topological polar surface area (TPSA) is 126 Å². The molecule has 2 aromatic carbocycles. The third-order valence-corrected chi connectivity index (χ3v) is 9.08. The summed E-state index contributed by atoms with van der Waals surface area (Å²) in [7, 11) is -3.84. The van der Waals surface area contributed by atoms with E-state index < -0.39 is 10.0 Å². The molecule has 6 rings (SSSR count). The van der Waals surface area contributed by atoms with Crippen LogP contribution >= 0.6 is 11.6 Å². The molecule has 1 aliphatic carbocycles. The summed E-state index contributed by atoms with van der Waals surface area (Å²) in [6, 6.07) is 12.2. The van der Waals surface area contributed by atoms with Crippen molar-refractivity contribution in [3.63, 3.8) is 0 Å². The van der Waals surface area contributed by atoms with Crippen LogP contribution in [0.2, 0.25) is 5.02 Å². The smallest absolute Gasteiger partial charge is 0.264 e. The molecule has 1 saturated heterocycles. The molecule has 2 aliphatic rings. The molecule has 39 heavy (non-hydrogen) atoms. The average molecular weight is 563 g/mol. The van der Waals surface area contributed by atoms with Crippen molar-refractivity contribution in [1.29, 1.82) is 0 Å². The van der Waals surface area contributed by atoms with E-state index in [0.717, 1.165) is 47.8 Å². The molecule has 3 N–H and O–H groups in total. The molecule has 3 heterocycles. The number of nitrogens with one attached hydrogen (secondary N) is 3. The average Bonchev–Trinajstić information content (AvgIpc) is 3.76. The molecule has 9 nitrogen and oxygen atoms in total. The van der Waals surface area contributed by atoms with Gasteiger partial charge in [-0.05, 0) is 79.6 Å². The number of hydrogen-bond donors (Lipinski definition) is 3. The van der Waals surface area contributed by atoms with Crippen molar-refractivity contribution in [3.05, 3.63) is 83.4 Å². The molecule has 11 heteroatoms. The van der Waals surface area contributed by atoms with Gasteiger partial charge in [0, 0.05) is 47.2 Å². The number of nitrogens with zero attached hydrogens (tertiary/aromatic N) is 3. The molecule has 0 spiro atoms. The minimum absolute atomic E-state index is 0.0359. The first kappa shape index (κ1) is 25.7. The fourth-order valence-corrected chi connectivity index (χ4v) is 6.30. The monoisotopic (exact) mass is 562 g/mol. The summed E-state index contributed by atoms with van der Waals surface area (Å²) >= 11 is 6.24. The number of pyridine rings is 1. The third kappa shape index (κ3) is 5.59. The van der Waals surface area contributed by atoms with Gasteiger partial charge in [-0.1, -0.05) is 29.8 Å². The van der Waals surface area contributed by atoms with Crippen LogP contribution in [0.1, 0.15) is 42.2 Å². The van der Waals surface area contributed by atoms with Gasteiger partial charge in [-0.15, -0.1) is 0 Å². The Kier molecular flexibility index (Phi) is 6.92. The lowest BCUT2D eigenvalue weighted by Crippen LogP contribution is -2.26. The molecule has 2 aromatic heterocycles. The van der Waals surface area contributed by atoms with Gasteiger partial charge in [0.1, 0.15) is 0 Å². The quantitative estimate of drug-likeness (QED) is 0.298. The van der Waals surface area contributed by atoms with Crippen LogP contribution in [-0.4, -0.2) is 42.4 Å². The van der Waals surface area contributed by atoms with E-state index >= 15 is 0 Å². The predicted molar refractivity (Wildman–Crippen MR) is 150 cm³/mol. The lowest BCUT2D eigenvalue weighted by atomic mass is 9.92. The van der Waals surface area contributed by atoms with Crippen molar-refractivity contribution < 1.29 is 13.2 Å². The summed E-state index contributed by atoms with van der Waals surface area (Å²) in [6.07, 6.45) is 9.43. The highest BCUT2D eigenvalue weighted by molar-refractivity contribution is 7.92. The van der Waals surface area contributed by atoms with Crippen molar-refractivity contribution in [2.45, 2.75) is 36.0 Å². The number of fused-ring (bicyclic) bond motifs is 1. The molecule has 1 aliphatic heterocycles. The molecular formula is C28H27ClN6O3S. The number of sulfonamides is 1. The number of benzene rings is 2. The maximum Gasteiger partial charge on any atom is 0.264 e. The summed E-state index contributed by atoms with van der Waals surface area (Å²) in [5.41, 5.74) is 2.61. The first-order valence-corrected chi connectivity index (χ1v) is 14.7. The maximum atomic E-state index is 12.9. The second kappa shape index (κ2) is 10.5. The standard InChI is InChI=1S/C28H27ClN6O3S/c29-26-16-31-13-19-1-4-21(11-24(19)26)34-27(36)25-12-23(25)18-2-5-22(6-3-18)39(37,38)35-28-32-14-20(15-33-28)17-7-9-30-10-8-17/h1-6,11,13-17,23,25,30H,7-10,12H2,(H,34,36)(H,32,33,35)/t23-,25+/m0/s1. The van der Waals surface area contributed by atoms with Gasteiger partial charge in [0.25, 0.3) is 10.0 Å². The zero-order valence-corrected chi connectivity index (χ0v) is 22.5. The molecule has 0 unspecified atom stereocenters. The van der Waals surface area contributed by atoms with Gasteiger partial charge in [0.2, 0.25) is 11.9 Å². The number of hydrogen-bond acceptors (Lipinski definition) is 7. The van der Waals surface area contributed by atoms with Crippen LogP contribution in [0.4, 0.5) is 11.6 Å². The van der Waals surface area contributed by atoms with Gasteiger partial charge < -0.3 is 10.6 Å². The second-order valence-electron chi connectivity index (χ2n) is 10.0. The Morgan fingerprint density at radius 2 is 1.69 bits per heavy atom. The Morgan fingerprint density at radius 3 is 2.44 bits per heavy atom. The molecular weight excluding hydrogens is 536 g/mol. The summed E-state index contributed by atoms with van der Waals surface area (Å²) in [5.74, 6) is 0.214. The number of piperidine rings is 1. The molecule has 1 amide bonds. The number of rotatable bonds is 7. The maximum absolute atomic E-state index is 12.9. The van der Waals surface area contributed by atoms with Crippen LogP contribution in [-0.2, 0) is 14.8 Å². The number of amides is 1. The lowest BCUT2D eigenvalue weighted by Gasteiger charge is -2.22. The summed E-state index contributed by atoms with van der Waals surface area (Å²) < 4.78 is 28.3. The first-order valence-electron chi connectivity index (χ1n) is 12.9. The largest absolute Gasteiger partial charge is 0.326 e. The Morgan fingerprint density at radius 1 is 0.949 bits per heavy atom. The molecule has 2 fully saturated rings. The van der Waals surface area contributed by atoms with Crippen LogP contribution in [0.5, 0.6) is 0 Å². The highest BCUT2D eigenvalue weighted by Gasteiger charge is 2.44. The third-order valence-electron chi connectivity index (χ3n) is 7.43. The van der Waals surface area contributed by atoms with Crippen molar-refractivity contribution in [2.75, 3.05) is 23.1 Å². The van der Waals surface area contributed by atoms with E-state index in [1.165, 1.54) is 0 Å². The number of anilines is 2. The van der Waals surface area contributed by atoms with E-state index in [-0.39, 0.29) is 28.6 Å². The zero-order chi connectivity index (χ0) is 27.0. The lowest BCUT2D eigenvalue weighted by molar-refractivity contribution is -0.117. The van der Waals surface area contributed by atoms with E-state index in [0.29, 0.717) is 23.0 Å². The number of aromatic nitrogens is 3. The Labute approximate surface area is 231 Å². The van der Waals surface area contributed by atoms with Crippen LogP contribution in [0.25, 0.3) is 10.8 Å². The van der Waals surface area contributed by atoms with Crippen molar-refractivity contribution in [2.24, 2.45) is 5.92 Å². The fourth-order valence-electron chi connectivity index (χ4n) is 5.12. The van der Waals surface area contributed by atoms with E-state index in [9.17, 15) is 13.2 Å². The van der Waals surface area contributed by atoms with Gasteiger partial charge in [-0.3, -0.25) is 9.78 Å². The van der Waals surface area contributed by atoms with E-state index in [1.54, 1.807) is 49.1 Å². The first-order chi connectivity index (χ1) is 18.9. The zero-order valence-electron chi connectivity index (χ0n) is 21.0. The molecule has 2 atom stereocenters. The van der Waals surface area contributed by atoms with Gasteiger partial charge in [0.15, 0.2) is 0 Å². The normalized spacial score (nSPS) is 19.5. The number of carbonyl (C=O) groups is 1. The van der Waals surface area contributed by atoms with Crippen molar-refractivity contribution in [3.8, 4) is 0 Å². The summed E-state index contributed by atoms with van der Waals surface area (Å²) in [6.45, 7) is 1.92. The highest BCUT2D eigenvalue weighted by Crippen LogP contribution is 2.48. The van der Waals surface area contributed by atoms with Crippen LogP contribution in [0, 0.1) is 5.92 Å². The molecule has 200 valence electrons. The second-order valence-corrected chi connectivity index (χ2v) is 12.1. The van der Waals surface area contributed by atoms with Crippen molar-refractivity contribution >= 4 is 49.9 Å². The van der Waals surface area contributed by atoms with Crippen LogP contribution in [0.15, 0.2) is 72.1 Å². The van der Waals surface area contributed by atoms with E-state index in [4.69, 9.17) is 11.6 Å². The van der Waals surface area contributed by atoms with E-state index in [2.05, 4.69) is 30.3 Å².